The van der Waals surface area contributed by atoms with Gasteiger partial charge in [0.15, 0.2) is 0 Å². The van der Waals surface area contributed by atoms with Crippen molar-refractivity contribution in [2.24, 2.45) is 5.84 Å². The van der Waals surface area contributed by atoms with Crippen LogP contribution in [0.3, 0.4) is 0 Å². The van der Waals surface area contributed by atoms with E-state index >= 15 is 0 Å². The minimum atomic E-state index is -3.57. The molecule has 0 saturated carbocycles. The summed E-state index contributed by atoms with van der Waals surface area (Å²) in [4.78, 5) is 11.4. The number of nitrogens with two attached hydrogens (primary N) is 1. The quantitative estimate of drug-likeness (QED) is 0.301. The Balaban J connectivity index is 2.92. The summed E-state index contributed by atoms with van der Waals surface area (Å²) in [7, 11) is -3.57. The molecule has 7 heteroatoms. The van der Waals surface area contributed by atoms with Crippen molar-refractivity contribution < 1.29 is 13.2 Å². The molecule has 0 heterocycles. The van der Waals surface area contributed by atoms with Crippen LogP contribution in [0.5, 0.6) is 0 Å². The molecule has 0 spiro atoms. The van der Waals surface area contributed by atoms with Gasteiger partial charge in [-0.05, 0) is 24.6 Å². The van der Waals surface area contributed by atoms with Crippen LogP contribution in [0.25, 0.3) is 0 Å². The van der Waals surface area contributed by atoms with E-state index in [9.17, 15) is 13.2 Å². The first-order valence-electron chi connectivity index (χ1n) is 5.62. The highest BCUT2D eigenvalue weighted by atomic mass is 32.2. The topological polar surface area (TPSA) is 101 Å². The highest BCUT2D eigenvalue weighted by Crippen LogP contribution is 2.11. The van der Waals surface area contributed by atoms with E-state index in [1.807, 2.05) is 12.3 Å². The summed E-state index contributed by atoms with van der Waals surface area (Å²) >= 11 is 0. The number of carbonyl (C=O) groups is 1. The number of unbranched alkanes of at least 4 members (excludes halogenated alkanes) is 1. The van der Waals surface area contributed by atoms with Crippen LogP contribution in [0.15, 0.2) is 29.2 Å². The average Bonchev–Trinajstić information content (AvgIpc) is 2.38. The summed E-state index contributed by atoms with van der Waals surface area (Å²) in [6.45, 7) is 2.35. The number of rotatable bonds is 6. The predicted octanol–water partition coefficient (Wildman–Crippen LogP) is 0.369. The van der Waals surface area contributed by atoms with Crippen molar-refractivity contribution in [2.45, 2.75) is 24.7 Å². The molecule has 0 fully saturated rings. The van der Waals surface area contributed by atoms with E-state index in [-0.39, 0.29) is 10.5 Å². The number of benzene rings is 1. The Morgan fingerprint density at radius 2 is 2.11 bits per heavy atom. The second-order valence-electron chi connectivity index (χ2n) is 3.75. The molecule has 0 bridgehead atoms. The summed E-state index contributed by atoms with van der Waals surface area (Å²) in [5.74, 6) is 4.47. The summed E-state index contributed by atoms with van der Waals surface area (Å²) in [5, 5.41) is 0. The molecule has 6 nitrogen and oxygen atoms in total. The molecule has 1 amide bonds. The number of hydrogen-bond donors (Lipinski definition) is 3. The van der Waals surface area contributed by atoms with Gasteiger partial charge in [-0.3, -0.25) is 10.2 Å². The van der Waals surface area contributed by atoms with Gasteiger partial charge in [-0.2, -0.15) is 0 Å². The van der Waals surface area contributed by atoms with E-state index in [1.165, 1.54) is 24.3 Å². The molecule has 100 valence electrons. The van der Waals surface area contributed by atoms with Crippen molar-refractivity contribution in [1.29, 1.82) is 0 Å². The molecule has 1 aromatic carbocycles. The van der Waals surface area contributed by atoms with Crippen LogP contribution in [-0.2, 0) is 10.0 Å². The highest BCUT2D eigenvalue weighted by Gasteiger charge is 2.15. The van der Waals surface area contributed by atoms with E-state index in [1.54, 1.807) is 0 Å². The van der Waals surface area contributed by atoms with Crippen LogP contribution in [0.4, 0.5) is 0 Å². The Morgan fingerprint density at radius 1 is 1.39 bits per heavy atom. The Hall–Kier alpha value is -1.44. The van der Waals surface area contributed by atoms with E-state index < -0.39 is 15.9 Å². The first-order valence-corrected chi connectivity index (χ1v) is 7.10. The lowest BCUT2D eigenvalue weighted by Gasteiger charge is -2.07. The third-order valence-corrected chi connectivity index (χ3v) is 3.82. The zero-order chi connectivity index (χ0) is 13.6. The summed E-state index contributed by atoms with van der Waals surface area (Å²) < 4.78 is 26.3. The molecular weight excluding hydrogens is 254 g/mol. The van der Waals surface area contributed by atoms with Crippen LogP contribution >= 0.6 is 0 Å². The standard InChI is InChI=1S/C11H17N3O3S/c1-2-3-7-13-18(16,17)10-6-4-5-9(8-10)11(15)14-12/h4-6,8,13H,2-3,7,12H2,1H3,(H,14,15). The summed E-state index contributed by atoms with van der Waals surface area (Å²) in [6, 6.07) is 5.71. The van der Waals surface area contributed by atoms with Crippen molar-refractivity contribution in [3.05, 3.63) is 29.8 Å². The fourth-order valence-electron chi connectivity index (χ4n) is 1.35. The van der Waals surface area contributed by atoms with E-state index in [0.29, 0.717) is 6.54 Å². The molecule has 4 N–H and O–H groups in total. The van der Waals surface area contributed by atoms with Crippen molar-refractivity contribution in [3.63, 3.8) is 0 Å². The largest absolute Gasteiger partial charge is 0.290 e. The number of carbonyl (C=O) groups excluding carboxylic acids is 1. The molecule has 1 rings (SSSR count). The number of nitrogens with one attached hydrogen (secondary N) is 2. The fraction of sp³-hybridized carbons (Fsp3) is 0.364. The number of nitrogen functional groups attached to an aromatic ring is 1. The maximum atomic E-state index is 11.9. The van der Waals surface area contributed by atoms with Crippen molar-refractivity contribution in [3.8, 4) is 0 Å². The Kier molecular flexibility index (Phi) is 5.26. The van der Waals surface area contributed by atoms with Gasteiger partial charge in [0.25, 0.3) is 5.91 Å². The second kappa shape index (κ2) is 6.48. The number of hydrogen-bond acceptors (Lipinski definition) is 4. The van der Waals surface area contributed by atoms with Crippen molar-refractivity contribution in [2.75, 3.05) is 6.54 Å². The maximum Gasteiger partial charge on any atom is 0.265 e. The van der Waals surface area contributed by atoms with Crippen LogP contribution in [0, 0.1) is 0 Å². The van der Waals surface area contributed by atoms with Gasteiger partial charge in [-0.25, -0.2) is 19.0 Å². The Labute approximate surface area is 107 Å². The van der Waals surface area contributed by atoms with Gasteiger partial charge in [0, 0.05) is 12.1 Å². The molecule has 0 radical (unpaired) electrons. The van der Waals surface area contributed by atoms with Gasteiger partial charge in [0.1, 0.15) is 0 Å². The number of hydrazine groups is 1. The van der Waals surface area contributed by atoms with E-state index in [0.717, 1.165) is 12.8 Å². The smallest absolute Gasteiger partial charge is 0.265 e. The molecule has 0 saturated heterocycles. The molecule has 0 aliphatic heterocycles. The van der Waals surface area contributed by atoms with Crippen LogP contribution in [0.1, 0.15) is 30.1 Å². The molecule has 0 aliphatic carbocycles. The molecule has 0 unspecified atom stereocenters. The maximum absolute atomic E-state index is 11.9. The zero-order valence-corrected chi connectivity index (χ0v) is 11.0. The van der Waals surface area contributed by atoms with E-state index in [4.69, 9.17) is 5.84 Å². The predicted molar refractivity (Wildman–Crippen MR) is 68.2 cm³/mol. The van der Waals surface area contributed by atoms with Crippen LogP contribution in [0.2, 0.25) is 0 Å². The van der Waals surface area contributed by atoms with Gasteiger partial charge < -0.3 is 0 Å². The van der Waals surface area contributed by atoms with Crippen LogP contribution in [-0.4, -0.2) is 20.9 Å². The minimum Gasteiger partial charge on any atom is -0.290 e. The first kappa shape index (κ1) is 14.6. The van der Waals surface area contributed by atoms with Gasteiger partial charge >= 0.3 is 0 Å². The third kappa shape index (κ3) is 3.80. The normalized spacial score (nSPS) is 11.2. The molecule has 0 atom stereocenters. The van der Waals surface area contributed by atoms with Gasteiger partial charge in [-0.15, -0.1) is 0 Å². The van der Waals surface area contributed by atoms with E-state index in [2.05, 4.69) is 4.72 Å². The number of sulfonamides is 1. The van der Waals surface area contributed by atoms with Gasteiger partial charge in [0.05, 0.1) is 4.90 Å². The summed E-state index contributed by atoms with van der Waals surface area (Å²) in [6.07, 6.45) is 1.67. The Bertz CT molecular complexity index is 514. The lowest BCUT2D eigenvalue weighted by Crippen LogP contribution is -2.30. The lowest BCUT2D eigenvalue weighted by atomic mass is 10.2. The summed E-state index contributed by atoms with van der Waals surface area (Å²) in [5.41, 5.74) is 2.16. The minimum absolute atomic E-state index is 0.0553. The molecule has 0 aliphatic rings. The lowest BCUT2D eigenvalue weighted by molar-refractivity contribution is 0.0953. The zero-order valence-electron chi connectivity index (χ0n) is 10.1. The third-order valence-electron chi connectivity index (χ3n) is 2.36. The highest BCUT2D eigenvalue weighted by molar-refractivity contribution is 7.89. The van der Waals surface area contributed by atoms with Crippen molar-refractivity contribution >= 4 is 15.9 Å². The monoisotopic (exact) mass is 271 g/mol. The second-order valence-corrected chi connectivity index (χ2v) is 5.52. The molecule has 18 heavy (non-hydrogen) atoms. The molecule has 0 aromatic heterocycles. The Morgan fingerprint density at radius 3 is 2.72 bits per heavy atom. The van der Waals surface area contributed by atoms with Crippen LogP contribution < -0.4 is 16.0 Å². The average molecular weight is 271 g/mol. The molecular formula is C11H17N3O3S. The first-order chi connectivity index (χ1) is 8.51. The SMILES string of the molecule is CCCCNS(=O)(=O)c1cccc(C(=O)NN)c1. The van der Waals surface area contributed by atoms with Gasteiger partial charge in [0.2, 0.25) is 10.0 Å². The number of amides is 1. The fourth-order valence-corrected chi connectivity index (χ4v) is 2.47. The van der Waals surface area contributed by atoms with Crippen molar-refractivity contribution in [1.82, 2.24) is 10.1 Å². The molecule has 1 aromatic rings. The van der Waals surface area contributed by atoms with Gasteiger partial charge in [-0.1, -0.05) is 19.4 Å².